The lowest BCUT2D eigenvalue weighted by atomic mass is 10.2. The molecule has 0 saturated carbocycles. The Balaban J connectivity index is 4.18. The lowest BCUT2D eigenvalue weighted by molar-refractivity contribution is -0.139. The summed E-state index contributed by atoms with van der Waals surface area (Å²) in [6.45, 7) is 3.10. The number of carboxylic acids is 1. The maximum atomic E-state index is 11.5. The fourth-order valence-electron chi connectivity index (χ4n) is 1.24. The van der Waals surface area contributed by atoms with E-state index < -0.39 is 33.1 Å². The first-order chi connectivity index (χ1) is 9.20. The number of amides is 2. The molecule has 0 spiro atoms. The molecule has 0 aromatic rings. The second-order valence-corrected chi connectivity index (χ2v) is 8.15. The Kier molecular flexibility index (Phi) is 8.63. The largest absolute Gasteiger partial charge is 0.480 e. The van der Waals surface area contributed by atoms with E-state index in [0.29, 0.717) is 12.2 Å². The van der Waals surface area contributed by atoms with Gasteiger partial charge in [-0.1, -0.05) is 0 Å². The van der Waals surface area contributed by atoms with Gasteiger partial charge in [-0.05, 0) is 32.3 Å². The Hall–Kier alpha value is -0.960. The van der Waals surface area contributed by atoms with Crippen LogP contribution in [0.2, 0.25) is 0 Å². The van der Waals surface area contributed by atoms with Gasteiger partial charge in [0.15, 0.2) is 9.84 Å². The van der Waals surface area contributed by atoms with Gasteiger partial charge >= 0.3 is 12.0 Å². The topological polar surface area (TPSA) is 113 Å². The van der Waals surface area contributed by atoms with Crippen LogP contribution in [0.1, 0.15) is 20.3 Å². The van der Waals surface area contributed by atoms with Crippen molar-refractivity contribution in [2.24, 2.45) is 0 Å². The normalized spacial score (nSPS) is 13.0. The van der Waals surface area contributed by atoms with Gasteiger partial charge in [0.25, 0.3) is 0 Å². The molecule has 3 N–H and O–H groups in total. The predicted molar refractivity (Wildman–Crippen MR) is 79.9 cm³/mol. The molecule has 0 aromatic heterocycles. The minimum absolute atomic E-state index is 0.0405. The Bertz CT molecular complexity index is 423. The van der Waals surface area contributed by atoms with Crippen LogP contribution in [0.15, 0.2) is 0 Å². The molecule has 0 radical (unpaired) electrons. The van der Waals surface area contributed by atoms with Gasteiger partial charge in [0.1, 0.15) is 6.04 Å². The number of rotatable bonds is 9. The summed E-state index contributed by atoms with van der Waals surface area (Å²) in [5.74, 6) is -0.663. The van der Waals surface area contributed by atoms with Gasteiger partial charge in [-0.2, -0.15) is 11.8 Å². The van der Waals surface area contributed by atoms with E-state index >= 15 is 0 Å². The number of aliphatic carboxylic acids is 1. The zero-order valence-electron chi connectivity index (χ0n) is 11.9. The third-order valence-corrected chi connectivity index (χ3v) is 5.46. The molecule has 9 heteroatoms. The van der Waals surface area contributed by atoms with Crippen LogP contribution >= 0.6 is 11.8 Å². The first-order valence-corrected chi connectivity index (χ1v) is 9.29. The Morgan fingerprint density at radius 3 is 2.35 bits per heavy atom. The summed E-state index contributed by atoms with van der Waals surface area (Å²) in [5.41, 5.74) is 0. The maximum Gasteiger partial charge on any atom is 0.326 e. The molecular weight excluding hydrogens is 304 g/mol. The highest BCUT2D eigenvalue weighted by Crippen LogP contribution is 2.01. The number of carboxylic acid groups (broad SMARTS) is 1. The third-order valence-electron chi connectivity index (χ3n) is 2.60. The second kappa shape index (κ2) is 9.06. The van der Waals surface area contributed by atoms with Crippen molar-refractivity contribution in [1.29, 1.82) is 0 Å². The van der Waals surface area contributed by atoms with Gasteiger partial charge in [-0.3, -0.25) is 0 Å². The molecule has 20 heavy (non-hydrogen) atoms. The van der Waals surface area contributed by atoms with Crippen molar-refractivity contribution in [3.63, 3.8) is 0 Å². The standard InChI is InChI=1S/C11H22N2O5S2/c1-8(2)20(17,18)7-5-12-11(16)13-9(10(14)15)4-6-19-3/h8-9H,4-7H2,1-3H3,(H,14,15)(H2,12,13,16). The number of hydrogen-bond donors (Lipinski definition) is 3. The van der Waals surface area contributed by atoms with E-state index in [4.69, 9.17) is 5.11 Å². The molecule has 1 atom stereocenters. The average Bonchev–Trinajstić information content (AvgIpc) is 2.33. The number of carbonyl (C=O) groups excluding carboxylic acids is 1. The van der Waals surface area contributed by atoms with Crippen molar-refractivity contribution in [3.05, 3.63) is 0 Å². The number of hydrogen-bond acceptors (Lipinski definition) is 5. The summed E-state index contributed by atoms with van der Waals surface area (Å²) in [4.78, 5) is 22.4. The summed E-state index contributed by atoms with van der Waals surface area (Å²) in [6.07, 6.45) is 2.16. The monoisotopic (exact) mass is 326 g/mol. The lowest BCUT2D eigenvalue weighted by Gasteiger charge is -2.15. The Labute approximate surface area is 123 Å². The fraction of sp³-hybridized carbons (Fsp3) is 0.818. The minimum atomic E-state index is -3.21. The molecule has 1 unspecified atom stereocenters. The highest BCUT2D eigenvalue weighted by molar-refractivity contribution is 7.98. The molecule has 0 saturated heterocycles. The zero-order chi connectivity index (χ0) is 15.8. The van der Waals surface area contributed by atoms with Gasteiger partial charge in [-0.25, -0.2) is 18.0 Å². The SMILES string of the molecule is CSCCC(NC(=O)NCCS(=O)(=O)C(C)C)C(=O)O. The van der Waals surface area contributed by atoms with Gasteiger partial charge in [0.05, 0.1) is 11.0 Å². The van der Waals surface area contributed by atoms with Crippen molar-refractivity contribution in [2.45, 2.75) is 31.6 Å². The predicted octanol–water partition coefficient (Wildman–Crippen LogP) is 0.315. The summed E-state index contributed by atoms with van der Waals surface area (Å²) in [7, 11) is -3.21. The number of carbonyl (C=O) groups is 2. The molecule has 0 aromatic carbocycles. The van der Waals surface area contributed by atoms with E-state index in [2.05, 4.69) is 10.6 Å². The number of urea groups is 1. The highest BCUT2D eigenvalue weighted by atomic mass is 32.2. The van der Waals surface area contributed by atoms with Gasteiger partial charge in [0.2, 0.25) is 0 Å². The van der Waals surface area contributed by atoms with Crippen molar-refractivity contribution in [2.75, 3.05) is 24.3 Å². The van der Waals surface area contributed by atoms with Crippen LogP contribution in [-0.4, -0.2) is 61.1 Å². The molecule has 2 amide bonds. The molecule has 0 fully saturated rings. The quantitative estimate of drug-likeness (QED) is 0.562. The summed E-state index contributed by atoms with van der Waals surface area (Å²) in [5, 5.41) is 13.1. The zero-order valence-corrected chi connectivity index (χ0v) is 13.5. The molecule has 0 aliphatic carbocycles. The minimum Gasteiger partial charge on any atom is -0.480 e. The van der Waals surface area contributed by atoms with Crippen molar-refractivity contribution < 1.29 is 23.1 Å². The summed E-state index contributed by atoms with van der Waals surface area (Å²) < 4.78 is 23.0. The first kappa shape index (κ1) is 19.0. The molecule has 0 bridgehead atoms. The van der Waals surface area contributed by atoms with Crippen LogP contribution in [0, 0.1) is 0 Å². The molecule has 0 heterocycles. The smallest absolute Gasteiger partial charge is 0.326 e. The average molecular weight is 326 g/mol. The van der Waals surface area contributed by atoms with E-state index in [-0.39, 0.29) is 12.3 Å². The van der Waals surface area contributed by atoms with Crippen LogP contribution in [0.25, 0.3) is 0 Å². The molecule has 118 valence electrons. The van der Waals surface area contributed by atoms with Crippen molar-refractivity contribution >= 4 is 33.6 Å². The van der Waals surface area contributed by atoms with E-state index in [1.807, 2.05) is 6.26 Å². The summed E-state index contributed by atoms with van der Waals surface area (Å²) in [6, 6.07) is -1.64. The number of nitrogens with one attached hydrogen (secondary N) is 2. The van der Waals surface area contributed by atoms with Crippen LogP contribution in [-0.2, 0) is 14.6 Å². The summed E-state index contributed by atoms with van der Waals surface area (Å²) >= 11 is 1.48. The van der Waals surface area contributed by atoms with E-state index in [0.717, 1.165) is 0 Å². The molecular formula is C11H22N2O5S2. The van der Waals surface area contributed by atoms with Crippen LogP contribution in [0.5, 0.6) is 0 Å². The number of sulfone groups is 1. The molecule has 0 rings (SSSR count). The lowest BCUT2D eigenvalue weighted by Crippen LogP contribution is -2.47. The number of thioether (sulfide) groups is 1. The van der Waals surface area contributed by atoms with Crippen LogP contribution in [0.3, 0.4) is 0 Å². The Morgan fingerprint density at radius 1 is 1.30 bits per heavy atom. The second-order valence-electron chi connectivity index (χ2n) is 4.49. The fourth-order valence-corrected chi connectivity index (χ4v) is 2.57. The maximum absolute atomic E-state index is 11.5. The first-order valence-electron chi connectivity index (χ1n) is 6.18. The van der Waals surface area contributed by atoms with Crippen LogP contribution < -0.4 is 10.6 Å². The van der Waals surface area contributed by atoms with E-state index in [1.54, 1.807) is 13.8 Å². The van der Waals surface area contributed by atoms with Gasteiger partial charge in [-0.15, -0.1) is 0 Å². The highest BCUT2D eigenvalue weighted by Gasteiger charge is 2.20. The van der Waals surface area contributed by atoms with E-state index in [1.165, 1.54) is 11.8 Å². The molecule has 7 nitrogen and oxygen atoms in total. The molecule has 0 aliphatic rings. The van der Waals surface area contributed by atoms with Crippen molar-refractivity contribution in [3.8, 4) is 0 Å². The van der Waals surface area contributed by atoms with Gasteiger partial charge in [0, 0.05) is 6.54 Å². The van der Waals surface area contributed by atoms with E-state index in [9.17, 15) is 18.0 Å². The Morgan fingerprint density at radius 2 is 1.90 bits per heavy atom. The van der Waals surface area contributed by atoms with Gasteiger partial charge < -0.3 is 15.7 Å². The van der Waals surface area contributed by atoms with Crippen molar-refractivity contribution in [1.82, 2.24) is 10.6 Å². The molecule has 0 aliphatic heterocycles. The third kappa shape index (κ3) is 7.59. The van der Waals surface area contributed by atoms with Crippen LogP contribution in [0.4, 0.5) is 4.79 Å².